The van der Waals surface area contributed by atoms with Gasteiger partial charge < -0.3 is 9.64 Å². The van der Waals surface area contributed by atoms with E-state index in [1.807, 2.05) is 25.7 Å². The summed E-state index contributed by atoms with van der Waals surface area (Å²) >= 11 is 1.41. The summed E-state index contributed by atoms with van der Waals surface area (Å²) in [7, 11) is 0. The Balaban J connectivity index is 1.71. The first-order chi connectivity index (χ1) is 10.4. The Morgan fingerprint density at radius 2 is 2.05 bits per heavy atom. The standard InChI is InChI=1S/C15H20N4O2S/c1-15(2,3)21-14(20)19-10-4-5-11(19)9-18(8-10)13-17-7-12(6-16)22-13/h7,10-11H,4-5,8-9H2,1-3H3/t10-,11+. The summed E-state index contributed by atoms with van der Waals surface area (Å²) in [6.45, 7) is 7.19. The number of carbonyl (C=O) groups excluding carboxylic acids is 1. The van der Waals surface area contributed by atoms with Crippen molar-refractivity contribution in [2.45, 2.75) is 51.3 Å². The molecule has 1 aromatic heterocycles. The third-order valence-electron chi connectivity index (χ3n) is 3.96. The fraction of sp³-hybridized carbons (Fsp3) is 0.667. The molecule has 2 aliphatic heterocycles. The molecule has 2 saturated heterocycles. The van der Waals surface area contributed by atoms with Crippen LogP contribution < -0.4 is 4.90 Å². The van der Waals surface area contributed by atoms with Crippen LogP contribution in [0.25, 0.3) is 0 Å². The lowest BCUT2D eigenvalue weighted by atomic mass is 10.2. The van der Waals surface area contributed by atoms with Gasteiger partial charge in [0, 0.05) is 13.1 Å². The molecule has 0 aromatic carbocycles. The van der Waals surface area contributed by atoms with Crippen LogP contribution in [0.2, 0.25) is 0 Å². The van der Waals surface area contributed by atoms with Gasteiger partial charge in [-0.3, -0.25) is 4.90 Å². The number of rotatable bonds is 1. The van der Waals surface area contributed by atoms with Gasteiger partial charge in [0.15, 0.2) is 5.13 Å². The van der Waals surface area contributed by atoms with Crippen LogP contribution in [0, 0.1) is 11.3 Å². The largest absolute Gasteiger partial charge is 0.444 e. The number of anilines is 1. The number of hydrogen-bond acceptors (Lipinski definition) is 6. The highest BCUT2D eigenvalue weighted by atomic mass is 32.1. The average molecular weight is 320 g/mol. The fourth-order valence-corrected chi connectivity index (χ4v) is 3.87. The van der Waals surface area contributed by atoms with Crippen molar-refractivity contribution < 1.29 is 9.53 Å². The van der Waals surface area contributed by atoms with E-state index in [-0.39, 0.29) is 18.2 Å². The fourth-order valence-electron chi connectivity index (χ4n) is 3.13. The normalized spacial score (nSPS) is 24.3. The summed E-state index contributed by atoms with van der Waals surface area (Å²) < 4.78 is 5.53. The molecule has 0 N–H and O–H groups in total. The first kappa shape index (κ1) is 15.1. The first-order valence-electron chi connectivity index (χ1n) is 7.49. The molecule has 3 heterocycles. The van der Waals surface area contributed by atoms with Crippen molar-refractivity contribution in [2.24, 2.45) is 0 Å². The van der Waals surface area contributed by atoms with Crippen molar-refractivity contribution in [3.05, 3.63) is 11.1 Å². The van der Waals surface area contributed by atoms with E-state index >= 15 is 0 Å². The van der Waals surface area contributed by atoms with Crippen molar-refractivity contribution >= 4 is 22.6 Å². The Bertz CT molecular complexity index is 602. The zero-order valence-corrected chi connectivity index (χ0v) is 13.9. The maximum atomic E-state index is 12.4. The number of fused-ring (bicyclic) bond motifs is 2. The molecule has 1 amide bonds. The second-order valence-corrected chi connectivity index (χ2v) is 7.81. The smallest absolute Gasteiger partial charge is 0.410 e. The van der Waals surface area contributed by atoms with Gasteiger partial charge in [0.05, 0.1) is 18.3 Å². The summed E-state index contributed by atoms with van der Waals surface area (Å²) in [5, 5.41) is 9.79. The van der Waals surface area contributed by atoms with E-state index in [2.05, 4.69) is 16.0 Å². The van der Waals surface area contributed by atoms with E-state index in [9.17, 15) is 4.79 Å². The maximum Gasteiger partial charge on any atom is 0.410 e. The van der Waals surface area contributed by atoms with Gasteiger partial charge >= 0.3 is 6.09 Å². The van der Waals surface area contributed by atoms with E-state index in [0.29, 0.717) is 4.88 Å². The molecule has 0 unspecified atom stereocenters. The molecule has 0 saturated carbocycles. The minimum atomic E-state index is -0.468. The quantitative estimate of drug-likeness (QED) is 0.795. The van der Waals surface area contributed by atoms with Crippen molar-refractivity contribution in [1.82, 2.24) is 9.88 Å². The predicted octanol–water partition coefficient (Wildman–Crippen LogP) is 2.60. The molecule has 2 fully saturated rings. The van der Waals surface area contributed by atoms with Gasteiger partial charge in [0.1, 0.15) is 16.5 Å². The molecule has 2 bridgehead atoms. The monoisotopic (exact) mass is 320 g/mol. The topological polar surface area (TPSA) is 69.5 Å². The van der Waals surface area contributed by atoms with Gasteiger partial charge in [-0.15, -0.1) is 0 Å². The van der Waals surface area contributed by atoms with Crippen LogP contribution in [0.5, 0.6) is 0 Å². The molecule has 2 atom stereocenters. The summed E-state index contributed by atoms with van der Waals surface area (Å²) in [4.78, 5) is 21.4. The molecule has 2 aliphatic rings. The lowest BCUT2D eigenvalue weighted by Crippen LogP contribution is -2.56. The number of hydrogen-bond donors (Lipinski definition) is 0. The Morgan fingerprint density at radius 3 is 2.55 bits per heavy atom. The first-order valence-corrected chi connectivity index (χ1v) is 8.31. The van der Waals surface area contributed by atoms with Gasteiger partial charge in [0.2, 0.25) is 0 Å². The van der Waals surface area contributed by atoms with Crippen LogP contribution in [-0.2, 0) is 4.74 Å². The van der Waals surface area contributed by atoms with Gasteiger partial charge in [0.25, 0.3) is 0 Å². The van der Waals surface area contributed by atoms with Crippen LogP contribution in [0.1, 0.15) is 38.5 Å². The SMILES string of the molecule is CC(C)(C)OC(=O)N1[C@@H]2CC[C@H]1CN(c1ncc(C#N)s1)C2. The molecule has 7 heteroatoms. The number of thiazole rings is 1. The van der Waals surface area contributed by atoms with Gasteiger partial charge in [-0.1, -0.05) is 11.3 Å². The van der Waals surface area contributed by atoms with Crippen molar-refractivity contribution in [3.63, 3.8) is 0 Å². The molecule has 0 radical (unpaired) electrons. The van der Waals surface area contributed by atoms with Gasteiger partial charge in [-0.25, -0.2) is 9.78 Å². The highest BCUT2D eigenvalue weighted by Gasteiger charge is 2.44. The van der Waals surface area contributed by atoms with E-state index in [1.165, 1.54) is 11.3 Å². The summed E-state index contributed by atoms with van der Waals surface area (Å²) in [5.41, 5.74) is -0.468. The zero-order chi connectivity index (χ0) is 15.9. The molecule has 1 aromatic rings. The van der Waals surface area contributed by atoms with Gasteiger partial charge in [-0.2, -0.15) is 5.26 Å². The Hall–Kier alpha value is -1.81. The lowest BCUT2D eigenvalue weighted by Gasteiger charge is -2.41. The van der Waals surface area contributed by atoms with E-state index < -0.39 is 5.60 Å². The Kier molecular flexibility index (Phi) is 3.73. The third kappa shape index (κ3) is 2.88. The Morgan fingerprint density at radius 1 is 1.41 bits per heavy atom. The average Bonchev–Trinajstić information content (AvgIpc) is 3.00. The minimum Gasteiger partial charge on any atom is -0.444 e. The highest BCUT2D eigenvalue weighted by molar-refractivity contribution is 7.16. The molecule has 0 spiro atoms. The van der Waals surface area contributed by atoms with Crippen LogP contribution in [0.15, 0.2) is 6.20 Å². The molecular formula is C15H20N4O2S. The molecule has 118 valence electrons. The van der Waals surface area contributed by atoms with E-state index in [0.717, 1.165) is 31.1 Å². The molecule has 22 heavy (non-hydrogen) atoms. The number of nitrogens with zero attached hydrogens (tertiary/aromatic N) is 4. The van der Waals surface area contributed by atoms with E-state index in [1.54, 1.807) is 6.20 Å². The van der Waals surface area contributed by atoms with Gasteiger partial charge in [-0.05, 0) is 33.6 Å². The van der Waals surface area contributed by atoms with Crippen LogP contribution in [0.3, 0.4) is 0 Å². The second-order valence-electron chi connectivity index (χ2n) is 6.80. The van der Waals surface area contributed by atoms with Crippen LogP contribution in [0.4, 0.5) is 9.93 Å². The number of amides is 1. The van der Waals surface area contributed by atoms with Crippen molar-refractivity contribution in [1.29, 1.82) is 5.26 Å². The van der Waals surface area contributed by atoms with Crippen molar-refractivity contribution in [2.75, 3.05) is 18.0 Å². The number of nitriles is 1. The van der Waals surface area contributed by atoms with Crippen LogP contribution >= 0.6 is 11.3 Å². The zero-order valence-electron chi connectivity index (χ0n) is 13.1. The number of ether oxygens (including phenoxy) is 1. The molecule has 0 aliphatic carbocycles. The van der Waals surface area contributed by atoms with Crippen molar-refractivity contribution in [3.8, 4) is 6.07 Å². The molecule has 3 rings (SSSR count). The second kappa shape index (κ2) is 5.43. The lowest BCUT2D eigenvalue weighted by molar-refractivity contribution is 0.0123. The van der Waals surface area contributed by atoms with E-state index in [4.69, 9.17) is 10.00 Å². The highest BCUT2D eigenvalue weighted by Crippen LogP contribution is 2.35. The summed E-state index contributed by atoms with van der Waals surface area (Å²) in [5.74, 6) is 0. The van der Waals surface area contributed by atoms with Crippen LogP contribution in [-0.4, -0.2) is 46.8 Å². The third-order valence-corrected chi connectivity index (χ3v) is 4.92. The minimum absolute atomic E-state index is 0.169. The number of piperazine rings is 1. The summed E-state index contributed by atoms with van der Waals surface area (Å²) in [6.07, 6.45) is 3.40. The number of aromatic nitrogens is 1. The maximum absolute atomic E-state index is 12.4. The molecule has 6 nitrogen and oxygen atoms in total. The Labute approximate surface area is 134 Å². The predicted molar refractivity (Wildman–Crippen MR) is 83.9 cm³/mol. The number of carbonyl (C=O) groups is 1. The molecular weight excluding hydrogens is 300 g/mol. The summed E-state index contributed by atoms with van der Waals surface area (Å²) in [6, 6.07) is 2.46.